The molecular weight excluding hydrogens is 274 g/mol. The Labute approximate surface area is 132 Å². The van der Waals surface area contributed by atoms with Crippen LogP contribution < -0.4 is 5.32 Å². The number of thiophene rings is 1. The first-order chi connectivity index (χ1) is 10.2. The van der Waals surface area contributed by atoms with Crippen molar-refractivity contribution >= 4 is 17.0 Å². The minimum Gasteiger partial charge on any atom is -0.382 e. The average molecular weight is 299 g/mol. The topological polar surface area (TPSA) is 12.0 Å². The molecular formula is C19H25NS. The molecule has 1 fully saturated rings. The second kappa shape index (κ2) is 6.65. The third-order valence-electron chi connectivity index (χ3n) is 4.73. The van der Waals surface area contributed by atoms with Gasteiger partial charge in [-0.25, -0.2) is 0 Å². The predicted molar refractivity (Wildman–Crippen MR) is 94.0 cm³/mol. The van der Waals surface area contributed by atoms with Crippen LogP contribution in [0.4, 0.5) is 5.69 Å². The van der Waals surface area contributed by atoms with E-state index in [2.05, 4.69) is 60.9 Å². The minimum absolute atomic E-state index is 0.632. The summed E-state index contributed by atoms with van der Waals surface area (Å²) in [5.74, 6) is 1.69. The molecule has 2 heteroatoms. The second-order valence-electron chi connectivity index (χ2n) is 6.53. The molecule has 112 valence electrons. The Balaban J connectivity index is 1.76. The Morgan fingerprint density at radius 2 is 1.95 bits per heavy atom. The smallest absolute Gasteiger partial charge is 0.0430 e. The number of para-hydroxylation sites is 1. The number of hydrogen-bond acceptors (Lipinski definition) is 2. The lowest BCUT2D eigenvalue weighted by atomic mass is 9.79. The molecule has 21 heavy (non-hydrogen) atoms. The molecule has 3 rings (SSSR count). The van der Waals surface area contributed by atoms with Gasteiger partial charge < -0.3 is 5.32 Å². The third kappa shape index (κ3) is 3.49. The van der Waals surface area contributed by atoms with Crippen LogP contribution >= 0.6 is 11.3 Å². The van der Waals surface area contributed by atoms with Crippen molar-refractivity contribution in [3.8, 4) is 10.4 Å². The Hall–Kier alpha value is -1.28. The number of nitrogens with one attached hydrogen (secondary N) is 1. The summed E-state index contributed by atoms with van der Waals surface area (Å²) in [6, 6.07) is 13.7. The molecule has 0 spiro atoms. The number of rotatable bonds is 4. The zero-order valence-corrected chi connectivity index (χ0v) is 13.8. The fraction of sp³-hybridized carbons (Fsp3) is 0.474. The highest BCUT2D eigenvalue weighted by Crippen LogP contribution is 2.35. The van der Waals surface area contributed by atoms with Gasteiger partial charge in [0.25, 0.3) is 0 Å². The number of hydrogen-bond donors (Lipinski definition) is 1. The summed E-state index contributed by atoms with van der Waals surface area (Å²) < 4.78 is 0. The van der Waals surface area contributed by atoms with E-state index in [0.29, 0.717) is 6.04 Å². The van der Waals surface area contributed by atoms with Gasteiger partial charge in [-0.2, -0.15) is 0 Å². The number of anilines is 1. The monoisotopic (exact) mass is 299 g/mol. The van der Waals surface area contributed by atoms with Crippen molar-refractivity contribution in [2.24, 2.45) is 11.8 Å². The molecule has 1 saturated carbocycles. The molecule has 1 nitrogen and oxygen atoms in total. The van der Waals surface area contributed by atoms with E-state index in [1.165, 1.54) is 41.8 Å². The summed E-state index contributed by atoms with van der Waals surface area (Å²) in [6.07, 6.45) is 5.39. The summed E-state index contributed by atoms with van der Waals surface area (Å²) in [7, 11) is 0. The minimum atomic E-state index is 0.632. The van der Waals surface area contributed by atoms with Gasteiger partial charge in [0, 0.05) is 22.2 Å². The first-order valence-corrected chi connectivity index (χ1v) is 9.01. The van der Waals surface area contributed by atoms with Crippen molar-refractivity contribution in [2.45, 2.75) is 45.6 Å². The van der Waals surface area contributed by atoms with Crippen molar-refractivity contribution in [1.29, 1.82) is 0 Å². The molecule has 1 heterocycles. The lowest BCUT2D eigenvalue weighted by Gasteiger charge is -2.33. The Kier molecular flexibility index (Phi) is 4.64. The van der Waals surface area contributed by atoms with E-state index in [9.17, 15) is 0 Å². The highest BCUT2D eigenvalue weighted by Gasteiger charge is 2.24. The van der Waals surface area contributed by atoms with Crippen molar-refractivity contribution in [2.75, 3.05) is 5.32 Å². The SMILES string of the molecule is CC(C)C1CCCC(Nc2ccccc2-c2cccs2)C1. The van der Waals surface area contributed by atoms with Crippen LogP contribution in [0.15, 0.2) is 41.8 Å². The fourth-order valence-electron chi connectivity index (χ4n) is 3.44. The molecule has 0 bridgehead atoms. The van der Waals surface area contributed by atoms with Gasteiger partial charge >= 0.3 is 0 Å². The van der Waals surface area contributed by atoms with E-state index in [4.69, 9.17) is 0 Å². The largest absolute Gasteiger partial charge is 0.382 e. The summed E-state index contributed by atoms with van der Waals surface area (Å²) in [5, 5.41) is 5.98. The molecule has 0 amide bonds. The molecule has 1 aliphatic rings. The maximum Gasteiger partial charge on any atom is 0.0430 e. The molecule has 2 atom stereocenters. The quantitative estimate of drug-likeness (QED) is 0.725. The van der Waals surface area contributed by atoms with E-state index in [0.717, 1.165) is 11.8 Å². The average Bonchev–Trinajstić information content (AvgIpc) is 3.02. The second-order valence-corrected chi connectivity index (χ2v) is 7.48. The molecule has 0 radical (unpaired) electrons. The highest BCUT2D eigenvalue weighted by molar-refractivity contribution is 7.13. The Morgan fingerprint density at radius 1 is 1.10 bits per heavy atom. The highest BCUT2D eigenvalue weighted by atomic mass is 32.1. The maximum absolute atomic E-state index is 3.83. The first-order valence-electron chi connectivity index (χ1n) is 8.13. The van der Waals surface area contributed by atoms with Crippen LogP contribution in [0.25, 0.3) is 10.4 Å². The van der Waals surface area contributed by atoms with Crippen LogP contribution in [0.1, 0.15) is 39.5 Å². The molecule has 1 aliphatic carbocycles. The molecule has 2 unspecified atom stereocenters. The third-order valence-corrected chi connectivity index (χ3v) is 5.63. The Bertz CT molecular complexity index is 559. The van der Waals surface area contributed by atoms with Crippen LogP contribution in [0.3, 0.4) is 0 Å². The van der Waals surface area contributed by atoms with Gasteiger partial charge in [0.1, 0.15) is 0 Å². The van der Waals surface area contributed by atoms with Crippen LogP contribution in [0, 0.1) is 11.8 Å². The van der Waals surface area contributed by atoms with Crippen molar-refractivity contribution in [3.63, 3.8) is 0 Å². The van der Waals surface area contributed by atoms with E-state index in [-0.39, 0.29) is 0 Å². The predicted octanol–water partition coefficient (Wildman–Crippen LogP) is 6.04. The van der Waals surface area contributed by atoms with E-state index in [1.807, 2.05) is 11.3 Å². The molecule has 1 aromatic carbocycles. The van der Waals surface area contributed by atoms with Crippen molar-refractivity contribution < 1.29 is 0 Å². The van der Waals surface area contributed by atoms with Crippen LogP contribution in [-0.4, -0.2) is 6.04 Å². The van der Waals surface area contributed by atoms with E-state index in [1.54, 1.807) is 0 Å². The molecule has 1 N–H and O–H groups in total. The van der Waals surface area contributed by atoms with Crippen molar-refractivity contribution in [1.82, 2.24) is 0 Å². The van der Waals surface area contributed by atoms with Gasteiger partial charge in [-0.05, 0) is 42.2 Å². The van der Waals surface area contributed by atoms with Gasteiger partial charge in [0.2, 0.25) is 0 Å². The van der Waals surface area contributed by atoms with Gasteiger partial charge in [0.15, 0.2) is 0 Å². The molecule has 1 aromatic heterocycles. The van der Waals surface area contributed by atoms with Crippen molar-refractivity contribution in [3.05, 3.63) is 41.8 Å². The van der Waals surface area contributed by atoms with Gasteiger partial charge in [-0.3, -0.25) is 0 Å². The van der Waals surface area contributed by atoms with Gasteiger partial charge in [0.05, 0.1) is 0 Å². The first kappa shape index (κ1) is 14.6. The zero-order valence-electron chi connectivity index (χ0n) is 13.0. The number of benzene rings is 1. The standard InChI is InChI=1S/C19H25NS/c1-14(2)15-7-5-8-16(13-15)20-18-10-4-3-9-17(18)19-11-6-12-21-19/h3-4,6,9-12,14-16,20H,5,7-8,13H2,1-2H3. The molecule has 0 saturated heterocycles. The lowest BCUT2D eigenvalue weighted by molar-refractivity contribution is 0.264. The van der Waals surface area contributed by atoms with Gasteiger partial charge in [-0.15, -0.1) is 11.3 Å². The van der Waals surface area contributed by atoms with Gasteiger partial charge in [-0.1, -0.05) is 51.0 Å². The summed E-state index contributed by atoms with van der Waals surface area (Å²) >= 11 is 1.82. The fourth-order valence-corrected chi connectivity index (χ4v) is 4.21. The lowest BCUT2D eigenvalue weighted by Crippen LogP contribution is -2.29. The van der Waals surface area contributed by atoms with Crippen LogP contribution in [0.2, 0.25) is 0 Å². The Morgan fingerprint density at radius 3 is 2.71 bits per heavy atom. The van der Waals surface area contributed by atoms with E-state index >= 15 is 0 Å². The van der Waals surface area contributed by atoms with E-state index < -0.39 is 0 Å². The summed E-state index contributed by atoms with van der Waals surface area (Å²) in [5.41, 5.74) is 2.65. The molecule has 0 aliphatic heterocycles. The summed E-state index contributed by atoms with van der Waals surface area (Å²) in [4.78, 5) is 1.36. The zero-order chi connectivity index (χ0) is 14.7. The summed E-state index contributed by atoms with van der Waals surface area (Å²) in [6.45, 7) is 4.74. The van der Waals surface area contributed by atoms with Crippen LogP contribution in [0.5, 0.6) is 0 Å². The normalized spacial score (nSPS) is 22.4. The van der Waals surface area contributed by atoms with Crippen LogP contribution in [-0.2, 0) is 0 Å². The molecule has 2 aromatic rings. The maximum atomic E-state index is 3.83.